The fourth-order valence-corrected chi connectivity index (χ4v) is 3.12. The number of hydrogen-bond acceptors (Lipinski definition) is 3. The molecule has 0 saturated heterocycles. The molecule has 0 aliphatic heterocycles. The molecule has 0 fully saturated rings. The molecule has 0 atom stereocenters. The molecule has 2 amide bonds. The number of nitrogens with zero attached hydrogens (tertiary/aromatic N) is 1. The molecular weight excluding hydrogens is 388 g/mol. The Bertz CT molecular complexity index is 714. The monoisotopic (exact) mass is 406 g/mol. The van der Waals surface area contributed by atoms with Crippen molar-refractivity contribution in [2.75, 3.05) is 13.1 Å². The van der Waals surface area contributed by atoms with Gasteiger partial charge in [0.1, 0.15) is 0 Å². The summed E-state index contributed by atoms with van der Waals surface area (Å²) in [6.45, 7) is 2.89. The number of thiophene rings is 1. The van der Waals surface area contributed by atoms with Gasteiger partial charge in [0.25, 0.3) is 0 Å². The van der Waals surface area contributed by atoms with E-state index in [2.05, 4.69) is 21.2 Å². The Morgan fingerprint density at radius 1 is 1.29 bits per heavy atom. The van der Waals surface area contributed by atoms with Gasteiger partial charge in [-0.2, -0.15) is 0 Å². The lowest BCUT2D eigenvalue weighted by atomic mass is 10.2. The predicted octanol–water partition coefficient (Wildman–Crippen LogP) is 3.69. The molecule has 2 rings (SSSR count). The summed E-state index contributed by atoms with van der Waals surface area (Å²) in [5.74, 6) is -0.335. The Balaban J connectivity index is 1.87. The first-order chi connectivity index (χ1) is 11.6. The molecule has 0 spiro atoms. The van der Waals surface area contributed by atoms with Crippen LogP contribution in [0.4, 0.5) is 0 Å². The normalized spacial score (nSPS) is 10.8. The summed E-state index contributed by atoms with van der Waals surface area (Å²) < 4.78 is 0.956. The minimum Gasteiger partial charge on any atom is -0.350 e. The van der Waals surface area contributed by atoms with Crippen molar-refractivity contribution < 1.29 is 9.59 Å². The van der Waals surface area contributed by atoms with E-state index in [1.165, 1.54) is 11.0 Å². The smallest absolute Gasteiger partial charge is 0.247 e. The number of carbonyl (C=O) groups excluding carboxylic acids is 2. The van der Waals surface area contributed by atoms with Crippen LogP contribution < -0.4 is 5.32 Å². The standard InChI is InChI=1S/C18H19BrN2O2S/c1-2-21(13-17(22)20-12-16-7-4-10-24-16)18(23)9-8-14-5-3-6-15(19)11-14/h3-11H,2,12-13H2,1H3,(H,20,22). The quantitative estimate of drug-likeness (QED) is 0.712. The molecule has 1 N–H and O–H groups in total. The molecular formula is C18H19BrN2O2S. The van der Waals surface area contributed by atoms with Crippen molar-refractivity contribution in [3.8, 4) is 0 Å². The van der Waals surface area contributed by atoms with E-state index in [9.17, 15) is 9.59 Å². The first kappa shape index (κ1) is 18.4. The van der Waals surface area contributed by atoms with Crippen molar-refractivity contribution in [1.29, 1.82) is 0 Å². The molecule has 1 aromatic carbocycles. The SMILES string of the molecule is CCN(CC(=O)NCc1cccs1)C(=O)C=Cc1cccc(Br)c1. The second-order valence-corrected chi connectivity index (χ2v) is 7.04. The average molecular weight is 407 g/mol. The number of carbonyl (C=O) groups is 2. The van der Waals surface area contributed by atoms with Crippen LogP contribution in [0.2, 0.25) is 0 Å². The maximum atomic E-state index is 12.3. The number of amides is 2. The van der Waals surface area contributed by atoms with E-state index in [0.717, 1.165) is 14.9 Å². The van der Waals surface area contributed by atoms with Crippen LogP contribution >= 0.6 is 27.3 Å². The molecule has 0 radical (unpaired) electrons. The Morgan fingerprint density at radius 3 is 2.79 bits per heavy atom. The molecule has 0 saturated carbocycles. The van der Waals surface area contributed by atoms with E-state index in [-0.39, 0.29) is 18.4 Å². The van der Waals surface area contributed by atoms with Gasteiger partial charge in [0, 0.05) is 22.0 Å². The Kier molecular flexibility index (Phi) is 7.21. The number of rotatable bonds is 7. The van der Waals surface area contributed by atoms with E-state index in [1.54, 1.807) is 17.4 Å². The zero-order chi connectivity index (χ0) is 17.4. The lowest BCUT2D eigenvalue weighted by molar-refractivity contribution is -0.132. The lowest BCUT2D eigenvalue weighted by Gasteiger charge is -2.18. The van der Waals surface area contributed by atoms with E-state index >= 15 is 0 Å². The third-order valence-electron chi connectivity index (χ3n) is 3.33. The number of nitrogens with one attached hydrogen (secondary N) is 1. The molecule has 24 heavy (non-hydrogen) atoms. The average Bonchev–Trinajstić information content (AvgIpc) is 3.09. The maximum absolute atomic E-state index is 12.3. The van der Waals surface area contributed by atoms with Crippen LogP contribution in [-0.4, -0.2) is 29.8 Å². The van der Waals surface area contributed by atoms with Gasteiger partial charge in [-0.15, -0.1) is 11.3 Å². The van der Waals surface area contributed by atoms with E-state index in [1.807, 2.05) is 48.7 Å². The highest BCUT2D eigenvalue weighted by molar-refractivity contribution is 9.10. The molecule has 0 aliphatic rings. The van der Waals surface area contributed by atoms with Crippen molar-refractivity contribution in [3.63, 3.8) is 0 Å². The van der Waals surface area contributed by atoms with Gasteiger partial charge in [0.05, 0.1) is 13.1 Å². The Hall–Kier alpha value is -1.92. The molecule has 0 bridgehead atoms. The van der Waals surface area contributed by atoms with Crippen LogP contribution in [0.3, 0.4) is 0 Å². The van der Waals surface area contributed by atoms with E-state index in [4.69, 9.17) is 0 Å². The van der Waals surface area contributed by atoms with Gasteiger partial charge in [-0.1, -0.05) is 34.1 Å². The van der Waals surface area contributed by atoms with Gasteiger partial charge >= 0.3 is 0 Å². The summed E-state index contributed by atoms with van der Waals surface area (Å²) in [7, 11) is 0. The Morgan fingerprint density at radius 2 is 2.12 bits per heavy atom. The largest absolute Gasteiger partial charge is 0.350 e. The summed E-state index contributed by atoms with van der Waals surface area (Å²) in [6.07, 6.45) is 3.25. The minimum atomic E-state index is -0.177. The third-order valence-corrected chi connectivity index (χ3v) is 4.70. The zero-order valence-electron chi connectivity index (χ0n) is 13.4. The van der Waals surface area contributed by atoms with Crippen LogP contribution in [-0.2, 0) is 16.1 Å². The second-order valence-electron chi connectivity index (χ2n) is 5.10. The fourth-order valence-electron chi connectivity index (χ4n) is 2.06. The van der Waals surface area contributed by atoms with Gasteiger partial charge < -0.3 is 10.2 Å². The van der Waals surface area contributed by atoms with Crippen LogP contribution in [0.1, 0.15) is 17.4 Å². The molecule has 0 aliphatic carbocycles. The minimum absolute atomic E-state index is 0.0591. The third kappa shape index (κ3) is 5.94. The van der Waals surface area contributed by atoms with Gasteiger partial charge in [-0.25, -0.2) is 0 Å². The van der Waals surface area contributed by atoms with Crippen molar-refractivity contribution in [2.24, 2.45) is 0 Å². The van der Waals surface area contributed by atoms with Crippen molar-refractivity contribution in [3.05, 3.63) is 62.8 Å². The number of benzene rings is 1. The molecule has 0 unspecified atom stereocenters. The second kappa shape index (κ2) is 9.39. The van der Waals surface area contributed by atoms with Crippen LogP contribution in [0.15, 0.2) is 52.3 Å². The Labute approximate surface area is 154 Å². The summed E-state index contributed by atoms with van der Waals surface area (Å²) in [4.78, 5) is 26.9. The topological polar surface area (TPSA) is 49.4 Å². The summed E-state index contributed by atoms with van der Waals surface area (Å²) in [5.41, 5.74) is 0.927. The molecule has 4 nitrogen and oxygen atoms in total. The maximum Gasteiger partial charge on any atom is 0.247 e. The van der Waals surface area contributed by atoms with Gasteiger partial charge in [0.2, 0.25) is 11.8 Å². The fraction of sp³-hybridized carbons (Fsp3) is 0.222. The number of halogens is 1. The van der Waals surface area contributed by atoms with Crippen molar-refractivity contribution in [2.45, 2.75) is 13.5 Å². The van der Waals surface area contributed by atoms with E-state index < -0.39 is 0 Å². The van der Waals surface area contributed by atoms with E-state index in [0.29, 0.717) is 13.1 Å². The van der Waals surface area contributed by atoms with Crippen molar-refractivity contribution >= 4 is 45.2 Å². The highest BCUT2D eigenvalue weighted by Gasteiger charge is 2.13. The van der Waals surface area contributed by atoms with Crippen LogP contribution in [0.25, 0.3) is 6.08 Å². The molecule has 126 valence electrons. The summed E-state index contributed by atoms with van der Waals surface area (Å²) in [5, 5.41) is 4.80. The molecule has 1 heterocycles. The first-order valence-corrected chi connectivity index (χ1v) is 9.27. The van der Waals surface area contributed by atoms with Gasteiger partial charge in [-0.3, -0.25) is 9.59 Å². The summed E-state index contributed by atoms with van der Waals surface area (Å²) >= 11 is 4.99. The first-order valence-electron chi connectivity index (χ1n) is 7.60. The van der Waals surface area contributed by atoms with Gasteiger partial charge in [0.15, 0.2) is 0 Å². The van der Waals surface area contributed by atoms with Crippen LogP contribution in [0.5, 0.6) is 0 Å². The van der Waals surface area contributed by atoms with Gasteiger partial charge in [-0.05, 0) is 42.1 Å². The molecule has 6 heteroatoms. The molecule has 2 aromatic rings. The number of hydrogen-bond donors (Lipinski definition) is 1. The molecule has 1 aromatic heterocycles. The highest BCUT2D eigenvalue weighted by Crippen LogP contribution is 2.13. The highest BCUT2D eigenvalue weighted by atomic mass is 79.9. The number of likely N-dealkylation sites (N-methyl/N-ethyl adjacent to an activating group) is 1. The van der Waals surface area contributed by atoms with Crippen LogP contribution in [0, 0.1) is 0 Å². The lowest BCUT2D eigenvalue weighted by Crippen LogP contribution is -2.39. The summed E-state index contributed by atoms with van der Waals surface area (Å²) in [6, 6.07) is 11.6. The predicted molar refractivity (Wildman–Crippen MR) is 102 cm³/mol. The van der Waals surface area contributed by atoms with Crippen molar-refractivity contribution in [1.82, 2.24) is 10.2 Å². The zero-order valence-corrected chi connectivity index (χ0v) is 15.8.